The second-order valence-corrected chi connectivity index (χ2v) is 11.1. The molecule has 0 aliphatic carbocycles. The average molecular weight is 606 g/mol. The van der Waals surface area contributed by atoms with Crippen molar-refractivity contribution in [3.05, 3.63) is 100 Å². The number of benzene rings is 3. The quantitative estimate of drug-likeness (QED) is 0.242. The minimum atomic E-state index is -0.820. The fourth-order valence-electron chi connectivity index (χ4n) is 5.49. The zero-order chi connectivity index (χ0) is 29.9. The molecule has 4 aromatic rings. The Balaban J connectivity index is 1.53. The lowest BCUT2D eigenvalue weighted by Gasteiger charge is -2.36. The lowest BCUT2D eigenvalue weighted by molar-refractivity contribution is -0.126. The van der Waals surface area contributed by atoms with Crippen LogP contribution in [0.2, 0.25) is 10.0 Å². The Morgan fingerprint density at radius 1 is 0.952 bits per heavy atom. The van der Waals surface area contributed by atoms with Crippen LogP contribution in [0.15, 0.2) is 78.9 Å². The van der Waals surface area contributed by atoms with Gasteiger partial charge < -0.3 is 20.4 Å². The molecule has 3 aromatic carbocycles. The summed E-state index contributed by atoms with van der Waals surface area (Å²) in [6.07, 6.45) is 1.15. The van der Waals surface area contributed by atoms with Crippen LogP contribution in [0.5, 0.6) is 5.75 Å². The second-order valence-electron chi connectivity index (χ2n) is 10.2. The summed E-state index contributed by atoms with van der Waals surface area (Å²) < 4.78 is 7.14. The van der Waals surface area contributed by atoms with Gasteiger partial charge in [0.1, 0.15) is 11.4 Å². The molecule has 4 N–H and O–H groups in total. The van der Waals surface area contributed by atoms with Crippen LogP contribution in [0.25, 0.3) is 22.4 Å². The highest BCUT2D eigenvalue weighted by Crippen LogP contribution is 2.40. The van der Waals surface area contributed by atoms with E-state index in [-0.39, 0.29) is 18.2 Å². The maximum Gasteiger partial charge on any atom is 0.274 e. The second kappa shape index (κ2) is 12.4. The summed E-state index contributed by atoms with van der Waals surface area (Å²) in [4.78, 5) is 38.7. The van der Waals surface area contributed by atoms with Gasteiger partial charge in [-0.15, -0.1) is 0 Å². The van der Waals surface area contributed by atoms with Crippen molar-refractivity contribution in [1.29, 1.82) is 0 Å². The molecule has 8 nitrogen and oxygen atoms in total. The molecule has 216 valence electrons. The molecule has 1 saturated heterocycles. The number of piperidine rings is 1. The van der Waals surface area contributed by atoms with E-state index in [4.69, 9.17) is 33.7 Å². The van der Waals surface area contributed by atoms with Crippen LogP contribution in [-0.2, 0) is 22.1 Å². The van der Waals surface area contributed by atoms with E-state index in [1.54, 1.807) is 48.0 Å². The molecule has 0 unspecified atom stereocenters. The lowest BCUT2D eigenvalue weighted by atomic mass is 9.72. The normalized spacial score (nSPS) is 14.3. The predicted molar refractivity (Wildman–Crippen MR) is 164 cm³/mol. The van der Waals surface area contributed by atoms with Gasteiger partial charge in [0.2, 0.25) is 5.91 Å². The van der Waals surface area contributed by atoms with Gasteiger partial charge in [-0.25, -0.2) is 0 Å². The Morgan fingerprint density at radius 3 is 2.29 bits per heavy atom. The highest BCUT2D eigenvalue weighted by Gasteiger charge is 2.42. The molecular weight excluding hydrogens is 575 g/mol. The molecule has 3 amide bonds. The number of nitrogens with two attached hydrogens (primary N) is 1. The fourth-order valence-corrected chi connectivity index (χ4v) is 6.00. The molecule has 1 aliphatic rings. The summed E-state index contributed by atoms with van der Waals surface area (Å²) in [6.45, 7) is 1.10. The lowest BCUT2D eigenvalue weighted by Crippen LogP contribution is -2.52. The molecule has 0 spiro atoms. The first kappa shape index (κ1) is 29.4. The third-order valence-corrected chi connectivity index (χ3v) is 8.19. The van der Waals surface area contributed by atoms with Gasteiger partial charge in [-0.1, -0.05) is 59.6 Å². The monoisotopic (exact) mass is 604 g/mol. The molecule has 2 heterocycles. The molecule has 0 radical (unpaired) electrons. The number of amides is 3. The molecular formula is C32H30Cl2N4O4. The van der Waals surface area contributed by atoms with Crippen LogP contribution >= 0.6 is 23.2 Å². The molecule has 42 heavy (non-hydrogen) atoms. The minimum absolute atomic E-state index is 0.242. The molecule has 1 aliphatic heterocycles. The van der Waals surface area contributed by atoms with E-state index in [0.29, 0.717) is 58.5 Å². The number of nitrogens with one attached hydrogen (secondary N) is 2. The van der Waals surface area contributed by atoms with Gasteiger partial charge in [0.25, 0.3) is 11.8 Å². The maximum absolute atomic E-state index is 13.8. The number of halogens is 2. The van der Waals surface area contributed by atoms with Crippen LogP contribution in [-0.4, -0.2) is 42.0 Å². The number of carbonyl (C=O) groups is 3. The number of primary amides is 1. The van der Waals surface area contributed by atoms with E-state index in [1.165, 1.54) is 0 Å². The zero-order valence-electron chi connectivity index (χ0n) is 23.0. The molecule has 1 aromatic heterocycles. The number of ether oxygens (including phenoxy) is 1. The number of hydrogen-bond acceptors (Lipinski definition) is 5. The number of hydrogen-bond donors (Lipinski definition) is 3. The number of carbonyl (C=O) groups excluding carboxylic acids is 3. The Morgan fingerprint density at radius 2 is 1.64 bits per heavy atom. The predicted octanol–water partition coefficient (Wildman–Crippen LogP) is 5.11. The number of rotatable bonds is 8. The van der Waals surface area contributed by atoms with Crippen molar-refractivity contribution in [2.45, 2.75) is 18.3 Å². The van der Waals surface area contributed by atoms with E-state index in [1.807, 2.05) is 42.5 Å². The number of aromatic nitrogens is 1. The van der Waals surface area contributed by atoms with Crippen LogP contribution in [0.3, 0.4) is 0 Å². The summed E-state index contributed by atoms with van der Waals surface area (Å²) in [6, 6.07) is 23.5. The average Bonchev–Trinajstić information content (AvgIpc) is 3.33. The summed E-state index contributed by atoms with van der Waals surface area (Å²) in [5.74, 6) is -0.959. The third-order valence-electron chi connectivity index (χ3n) is 7.64. The highest BCUT2D eigenvalue weighted by atomic mass is 35.5. The molecule has 0 bridgehead atoms. The van der Waals surface area contributed by atoms with Gasteiger partial charge in [-0.2, -0.15) is 0 Å². The van der Waals surface area contributed by atoms with Crippen molar-refractivity contribution in [3.63, 3.8) is 0 Å². The summed E-state index contributed by atoms with van der Waals surface area (Å²) in [5, 5.41) is 6.91. The Bertz CT molecular complexity index is 1630. The van der Waals surface area contributed by atoms with Gasteiger partial charge in [0.15, 0.2) is 6.61 Å². The summed E-state index contributed by atoms with van der Waals surface area (Å²) in [5.41, 5.74) is 8.34. The van der Waals surface area contributed by atoms with Crippen molar-refractivity contribution in [2.75, 3.05) is 19.7 Å². The SMILES string of the molecule is Cn1c(C(=O)NC(=O)C2(c3ccccc3)CCNCC2)cc(-c2ccc(Cl)cc2Cl)c1-c1ccc(OCC(N)=O)cc1. The van der Waals surface area contributed by atoms with Crippen LogP contribution in [0.1, 0.15) is 28.9 Å². The van der Waals surface area contributed by atoms with Crippen LogP contribution < -0.4 is 21.1 Å². The van der Waals surface area contributed by atoms with Crippen molar-refractivity contribution in [1.82, 2.24) is 15.2 Å². The molecule has 1 fully saturated rings. The van der Waals surface area contributed by atoms with E-state index in [0.717, 1.165) is 11.1 Å². The van der Waals surface area contributed by atoms with Crippen molar-refractivity contribution in [2.24, 2.45) is 12.8 Å². The van der Waals surface area contributed by atoms with Crippen LogP contribution in [0, 0.1) is 0 Å². The van der Waals surface area contributed by atoms with E-state index in [9.17, 15) is 14.4 Å². The highest BCUT2D eigenvalue weighted by molar-refractivity contribution is 6.36. The molecule has 0 saturated carbocycles. The van der Waals surface area contributed by atoms with Gasteiger partial charge in [0.05, 0.1) is 11.1 Å². The smallest absolute Gasteiger partial charge is 0.274 e. The molecule has 10 heteroatoms. The minimum Gasteiger partial charge on any atom is -0.484 e. The fraction of sp³-hybridized carbons (Fsp3) is 0.219. The van der Waals surface area contributed by atoms with Gasteiger partial charge in [0, 0.05) is 28.2 Å². The summed E-state index contributed by atoms with van der Waals surface area (Å²) >= 11 is 12.8. The number of imide groups is 1. The molecule has 0 atom stereocenters. The maximum atomic E-state index is 13.8. The summed E-state index contributed by atoms with van der Waals surface area (Å²) in [7, 11) is 1.76. The molecule has 5 rings (SSSR count). The zero-order valence-corrected chi connectivity index (χ0v) is 24.5. The Hall–Kier alpha value is -4.11. The van der Waals surface area contributed by atoms with Crippen molar-refractivity contribution in [3.8, 4) is 28.1 Å². The van der Waals surface area contributed by atoms with E-state index in [2.05, 4.69) is 10.6 Å². The van der Waals surface area contributed by atoms with Crippen LogP contribution in [0.4, 0.5) is 0 Å². The van der Waals surface area contributed by atoms with Gasteiger partial charge >= 0.3 is 0 Å². The Kier molecular flexibility index (Phi) is 8.68. The van der Waals surface area contributed by atoms with E-state index >= 15 is 0 Å². The topological polar surface area (TPSA) is 115 Å². The Labute approximate surface area is 253 Å². The van der Waals surface area contributed by atoms with Crippen molar-refractivity contribution >= 4 is 40.9 Å². The first-order valence-electron chi connectivity index (χ1n) is 13.5. The number of nitrogens with zero attached hydrogens (tertiary/aromatic N) is 1. The standard InChI is InChI=1S/C32H30Cl2N4O4/c1-38-27(30(40)37-31(41)32(13-15-36-16-14-32)21-5-3-2-4-6-21)18-25(24-12-9-22(33)17-26(24)34)29(38)20-7-10-23(11-8-20)42-19-28(35)39/h2-12,17-18,36H,13-16,19H2,1H3,(H2,35,39)(H,37,40,41). The van der Waals surface area contributed by atoms with Gasteiger partial charge in [-0.05, 0) is 79.5 Å². The first-order valence-corrected chi connectivity index (χ1v) is 14.2. The van der Waals surface area contributed by atoms with E-state index < -0.39 is 17.2 Å². The third kappa shape index (κ3) is 5.92. The van der Waals surface area contributed by atoms with Crippen molar-refractivity contribution < 1.29 is 19.1 Å². The van der Waals surface area contributed by atoms with Gasteiger partial charge in [-0.3, -0.25) is 19.7 Å². The first-order chi connectivity index (χ1) is 20.2. The largest absolute Gasteiger partial charge is 0.484 e.